The van der Waals surface area contributed by atoms with E-state index < -0.39 is 0 Å². The topological polar surface area (TPSA) is 15.3 Å². The van der Waals surface area contributed by atoms with Crippen LogP contribution in [0.15, 0.2) is 18.2 Å². The van der Waals surface area contributed by atoms with Gasteiger partial charge in [-0.05, 0) is 56.9 Å². The first kappa shape index (κ1) is 15.7. The summed E-state index contributed by atoms with van der Waals surface area (Å²) in [5.74, 6) is 0.476. The number of likely N-dealkylation sites (tertiary alicyclic amines) is 1. The molecule has 1 aliphatic heterocycles. The van der Waals surface area contributed by atoms with Crippen LogP contribution in [0.4, 0.5) is 4.39 Å². The Morgan fingerprint density at radius 1 is 1.45 bits per heavy atom. The van der Waals surface area contributed by atoms with Crippen molar-refractivity contribution in [3.63, 3.8) is 0 Å². The van der Waals surface area contributed by atoms with E-state index in [2.05, 4.69) is 17.1 Å². The summed E-state index contributed by atoms with van der Waals surface area (Å²) >= 11 is 6.11. The molecule has 0 aliphatic carbocycles. The molecule has 0 amide bonds. The number of halogens is 2. The van der Waals surface area contributed by atoms with Crippen molar-refractivity contribution in [3.05, 3.63) is 34.6 Å². The van der Waals surface area contributed by atoms with Crippen LogP contribution in [0.1, 0.15) is 31.7 Å². The number of nitrogens with zero attached hydrogens (tertiary/aromatic N) is 1. The molecule has 1 fully saturated rings. The third-order valence-electron chi connectivity index (χ3n) is 3.91. The summed E-state index contributed by atoms with van der Waals surface area (Å²) in [4.78, 5) is 2.33. The minimum atomic E-state index is -0.191. The third-order valence-corrected chi connectivity index (χ3v) is 4.26. The highest BCUT2D eigenvalue weighted by atomic mass is 35.5. The van der Waals surface area contributed by atoms with Gasteiger partial charge in [-0.3, -0.25) is 4.90 Å². The Balaban J connectivity index is 1.89. The zero-order valence-electron chi connectivity index (χ0n) is 12.2. The van der Waals surface area contributed by atoms with Gasteiger partial charge in [-0.25, -0.2) is 4.39 Å². The van der Waals surface area contributed by atoms with Gasteiger partial charge in [-0.1, -0.05) is 24.6 Å². The number of benzene rings is 1. The fourth-order valence-electron chi connectivity index (χ4n) is 2.85. The van der Waals surface area contributed by atoms with Gasteiger partial charge >= 0.3 is 0 Å². The monoisotopic (exact) mass is 298 g/mol. The molecule has 0 radical (unpaired) electrons. The second kappa shape index (κ2) is 7.96. The molecule has 4 heteroatoms. The summed E-state index contributed by atoms with van der Waals surface area (Å²) in [6.45, 7) is 7.01. The van der Waals surface area contributed by atoms with Crippen LogP contribution < -0.4 is 5.32 Å². The first-order chi connectivity index (χ1) is 9.70. The summed E-state index contributed by atoms with van der Waals surface area (Å²) in [6, 6.07) is 4.92. The van der Waals surface area contributed by atoms with E-state index in [9.17, 15) is 4.39 Å². The Bertz CT molecular complexity index is 405. The van der Waals surface area contributed by atoms with Crippen LogP contribution in [0.3, 0.4) is 0 Å². The number of hydrogen-bond donors (Lipinski definition) is 1. The normalized spacial score (nSPS) is 20.2. The van der Waals surface area contributed by atoms with Gasteiger partial charge in [0, 0.05) is 23.7 Å². The Hall–Kier alpha value is -0.640. The number of nitrogens with one attached hydrogen (secondary N) is 1. The lowest BCUT2D eigenvalue weighted by molar-refractivity contribution is 0.164. The average Bonchev–Trinajstić information content (AvgIpc) is 2.44. The lowest BCUT2D eigenvalue weighted by atomic mass is 9.97. The van der Waals surface area contributed by atoms with E-state index in [0.717, 1.165) is 26.2 Å². The van der Waals surface area contributed by atoms with Crippen LogP contribution in [-0.2, 0) is 6.54 Å². The molecule has 2 nitrogen and oxygen atoms in total. The van der Waals surface area contributed by atoms with Crippen molar-refractivity contribution < 1.29 is 4.39 Å². The van der Waals surface area contributed by atoms with Crippen molar-refractivity contribution in [2.45, 2.75) is 32.7 Å². The maximum absolute atomic E-state index is 13.8. The van der Waals surface area contributed by atoms with Gasteiger partial charge in [0.2, 0.25) is 0 Å². The smallest absolute Gasteiger partial charge is 0.129 e. The van der Waals surface area contributed by atoms with Gasteiger partial charge in [0.1, 0.15) is 5.82 Å². The third kappa shape index (κ3) is 4.44. The predicted octanol–water partition coefficient (Wildman–Crippen LogP) is 3.69. The molecule has 1 aromatic carbocycles. The van der Waals surface area contributed by atoms with Crippen LogP contribution in [0.5, 0.6) is 0 Å². The average molecular weight is 299 g/mol. The van der Waals surface area contributed by atoms with Crippen LogP contribution in [0.25, 0.3) is 0 Å². The van der Waals surface area contributed by atoms with Crippen molar-refractivity contribution in [2.24, 2.45) is 5.92 Å². The standard InChI is InChI=1S/C16H24ClFN2/c1-2-8-19-10-13-5-4-9-20(11-13)12-14-15(17)6-3-7-16(14)18/h3,6-7,13,19H,2,4-5,8-12H2,1H3. The van der Waals surface area contributed by atoms with Crippen LogP contribution >= 0.6 is 11.6 Å². The van der Waals surface area contributed by atoms with Gasteiger partial charge in [-0.2, -0.15) is 0 Å². The zero-order valence-corrected chi connectivity index (χ0v) is 12.9. The Kier molecular flexibility index (Phi) is 6.27. The van der Waals surface area contributed by atoms with Crippen molar-refractivity contribution >= 4 is 11.6 Å². The zero-order chi connectivity index (χ0) is 14.4. The molecular formula is C16H24ClFN2. The quantitative estimate of drug-likeness (QED) is 0.806. The lowest BCUT2D eigenvalue weighted by Gasteiger charge is -2.33. The summed E-state index contributed by atoms with van der Waals surface area (Å²) < 4.78 is 13.8. The van der Waals surface area contributed by atoms with Crippen LogP contribution in [0.2, 0.25) is 5.02 Å². The highest BCUT2D eigenvalue weighted by Crippen LogP contribution is 2.24. The minimum absolute atomic E-state index is 0.191. The highest BCUT2D eigenvalue weighted by molar-refractivity contribution is 6.31. The Labute approximate surface area is 126 Å². The minimum Gasteiger partial charge on any atom is -0.316 e. The lowest BCUT2D eigenvalue weighted by Crippen LogP contribution is -2.39. The first-order valence-corrected chi connectivity index (χ1v) is 7.94. The van der Waals surface area contributed by atoms with Crippen molar-refractivity contribution in [2.75, 3.05) is 26.2 Å². The molecule has 1 atom stereocenters. The SMILES string of the molecule is CCCNCC1CCCN(Cc2c(F)cccc2Cl)C1. The van der Waals surface area contributed by atoms with E-state index in [1.54, 1.807) is 12.1 Å². The van der Waals surface area contributed by atoms with E-state index in [-0.39, 0.29) is 5.82 Å². The highest BCUT2D eigenvalue weighted by Gasteiger charge is 2.21. The molecule has 1 N–H and O–H groups in total. The van der Waals surface area contributed by atoms with Gasteiger partial charge in [0.05, 0.1) is 0 Å². The maximum Gasteiger partial charge on any atom is 0.129 e. The molecule has 0 aromatic heterocycles. The van der Waals surface area contributed by atoms with E-state index >= 15 is 0 Å². The van der Waals surface area contributed by atoms with Crippen molar-refractivity contribution in [1.29, 1.82) is 0 Å². The van der Waals surface area contributed by atoms with Crippen molar-refractivity contribution in [3.8, 4) is 0 Å². The molecule has 20 heavy (non-hydrogen) atoms. The predicted molar refractivity (Wildman–Crippen MR) is 82.6 cm³/mol. The molecule has 2 rings (SSSR count). The van der Waals surface area contributed by atoms with Crippen LogP contribution in [0, 0.1) is 11.7 Å². The Morgan fingerprint density at radius 3 is 3.05 bits per heavy atom. The molecule has 1 aromatic rings. The summed E-state index contributed by atoms with van der Waals surface area (Å²) in [5, 5.41) is 4.02. The molecule has 1 saturated heterocycles. The van der Waals surface area contributed by atoms with Gasteiger partial charge in [-0.15, -0.1) is 0 Å². The number of hydrogen-bond acceptors (Lipinski definition) is 2. The molecule has 0 spiro atoms. The molecule has 112 valence electrons. The molecule has 1 aliphatic rings. The van der Waals surface area contributed by atoms with E-state index in [0.29, 0.717) is 23.0 Å². The van der Waals surface area contributed by atoms with Crippen LogP contribution in [-0.4, -0.2) is 31.1 Å². The summed E-state index contributed by atoms with van der Waals surface area (Å²) in [5.41, 5.74) is 0.635. The van der Waals surface area contributed by atoms with Gasteiger partial charge in [0.25, 0.3) is 0 Å². The van der Waals surface area contributed by atoms with E-state index in [1.165, 1.54) is 25.3 Å². The second-order valence-corrected chi connectivity index (χ2v) is 6.05. The molecule has 0 bridgehead atoms. The maximum atomic E-state index is 13.8. The molecule has 1 unspecified atom stereocenters. The fourth-order valence-corrected chi connectivity index (χ4v) is 3.07. The van der Waals surface area contributed by atoms with E-state index in [1.807, 2.05) is 0 Å². The molecular weight excluding hydrogens is 275 g/mol. The Morgan fingerprint density at radius 2 is 2.30 bits per heavy atom. The molecule has 0 saturated carbocycles. The van der Waals surface area contributed by atoms with E-state index in [4.69, 9.17) is 11.6 Å². The largest absolute Gasteiger partial charge is 0.316 e. The van der Waals surface area contributed by atoms with Gasteiger partial charge < -0.3 is 5.32 Å². The first-order valence-electron chi connectivity index (χ1n) is 7.56. The molecule has 1 heterocycles. The summed E-state index contributed by atoms with van der Waals surface area (Å²) in [7, 11) is 0. The summed E-state index contributed by atoms with van der Waals surface area (Å²) in [6.07, 6.45) is 3.62. The number of piperidine rings is 1. The number of rotatable bonds is 6. The fraction of sp³-hybridized carbons (Fsp3) is 0.625. The van der Waals surface area contributed by atoms with Gasteiger partial charge in [0.15, 0.2) is 0 Å². The second-order valence-electron chi connectivity index (χ2n) is 5.65. The van der Waals surface area contributed by atoms with Crippen molar-refractivity contribution in [1.82, 2.24) is 10.2 Å².